The Bertz CT molecular complexity index is 723. The number of carbonyl (C=O) groups excluding carboxylic acids is 1. The lowest BCUT2D eigenvalue weighted by atomic mass is 10.1. The third-order valence-electron chi connectivity index (χ3n) is 4.60. The molecule has 0 saturated heterocycles. The molecule has 5 nitrogen and oxygen atoms in total. The molecule has 3 rings (SSSR count). The summed E-state index contributed by atoms with van der Waals surface area (Å²) >= 11 is 0. The van der Waals surface area contributed by atoms with Crippen molar-refractivity contribution in [2.45, 2.75) is 59.4 Å². The molecule has 124 valence electrons. The summed E-state index contributed by atoms with van der Waals surface area (Å²) in [5.74, 6) is 2.90. The molecule has 23 heavy (non-hydrogen) atoms. The third kappa shape index (κ3) is 3.19. The van der Waals surface area contributed by atoms with E-state index in [1.165, 1.54) is 12.8 Å². The van der Waals surface area contributed by atoms with Crippen LogP contribution in [0.2, 0.25) is 0 Å². The van der Waals surface area contributed by atoms with E-state index in [4.69, 9.17) is 4.42 Å². The van der Waals surface area contributed by atoms with Crippen LogP contribution in [0.15, 0.2) is 16.5 Å². The Morgan fingerprint density at radius 2 is 2.00 bits per heavy atom. The maximum atomic E-state index is 12.5. The van der Waals surface area contributed by atoms with Crippen molar-refractivity contribution >= 4 is 11.7 Å². The zero-order valence-corrected chi connectivity index (χ0v) is 14.5. The average molecular weight is 315 g/mol. The van der Waals surface area contributed by atoms with Gasteiger partial charge in [-0.1, -0.05) is 13.8 Å². The van der Waals surface area contributed by atoms with Gasteiger partial charge in [0.05, 0.1) is 11.6 Å². The standard InChI is InChI=1S/C18H25N3O2/c1-10(2)16-9-15(13(5)23-16)18(22)19-17-8-11(3)21(20-17)12(4)14-6-7-14/h8-10,12,14H,6-7H2,1-5H3,(H,19,20,22). The van der Waals surface area contributed by atoms with Crippen LogP contribution in [0, 0.1) is 19.8 Å². The molecule has 0 aliphatic heterocycles. The minimum absolute atomic E-state index is 0.165. The summed E-state index contributed by atoms with van der Waals surface area (Å²) in [6.45, 7) is 10.1. The summed E-state index contributed by atoms with van der Waals surface area (Å²) in [7, 11) is 0. The van der Waals surface area contributed by atoms with E-state index >= 15 is 0 Å². The van der Waals surface area contributed by atoms with Crippen LogP contribution >= 0.6 is 0 Å². The molecular formula is C18H25N3O2. The van der Waals surface area contributed by atoms with Crippen molar-refractivity contribution in [3.05, 3.63) is 34.9 Å². The van der Waals surface area contributed by atoms with Gasteiger partial charge in [-0.15, -0.1) is 0 Å². The molecule has 2 aromatic heterocycles. The van der Waals surface area contributed by atoms with E-state index in [1.54, 1.807) is 0 Å². The number of hydrogen-bond donors (Lipinski definition) is 1. The fraction of sp³-hybridized carbons (Fsp3) is 0.556. The molecule has 0 radical (unpaired) electrons. The largest absolute Gasteiger partial charge is 0.465 e. The summed E-state index contributed by atoms with van der Waals surface area (Å²) in [6.07, 6.45) is 2.54. The molecule has 5 heteroatoms. The van der Waals surface area contributed by atoms with Crippen LogP contribution in [0.1, 0.15) is 73.1 Å². The quantitative estimate of drug-likeness (QED) is 0.887. The Labute approximate surface area is 137 Å². The summed E-state index contributed by atoms with van der Waals surface area (Å²) in [5, 5.41) is 7.46. The molecule has 1 atom stereocenters. The van der Waals surface area contributed by atoms with Gasteiger partial charge >= 0.3 is 0 Å². The molecule has 1 saturated carbocycles. The minimum atomic E-state index is -0.165. The van der Waals surface area contributed by atoms with Gasteiger partial charge in [0.25, 0.3) is 5.91 Å². The number of carbonyl (C=O) groups is 1. The Balaban J connectivity index is 1.76. The summed E-state index contributed by atoms with van der Waals surface area (Å²) < 4.78 is 7.68. The van der Waals surface area contributed by atoms with Crippen LogP contribution in [0.25, 0.3) is 0 Å². The van der Waals surface area contributed by atoms with Gasteiger partial charge < -0.3 is 9.73 Å². The average Bonchev–Trinajstić information content (AvgIpc) is 3.16. The van der Waals surface area contributed by atoms with Crippen molar-refractivity contribution in [1.82, 2.24) is 9.78 Å². The van der Waals surface area contributed by atoms with Gasteiger partial charge in [-0.25, -0.2) is 0 Å². The van der Waals surface area contributed by atoms with E-state index in [1.807, 2.05) is 44.5 Å². The van der Waals surface area contributed by atoms with E-state index in [0.717, 1.165) is 17.4 Å². The van der Waals surface area contributed by atoms with Gasteiger partial charge in [-0.2, -0.15) is 5.10 Å². The first-order valence-electron chi connectivity index (χ1n) is 8.34. The number of rotatable bonds is 5. The highest BCUT2D eigenvalue weighted by atomic mass is 16.3. The SMILES string of the molecule is Cc1oc(C(C)C)cc1C(=O)Nc1cc(C)n(C(C)C2CC2)n1. The number of aromatic nitrogens is 2. The Hall–Kier alpha value is -2.04. The van der Waals surface area contributed by atoms with Crippen molar-refractivity contribution in [1.29, 1.82) is 0 Å². The molecule has 1 unspecified atom stereocenters. The molecule has 0 spiro atoms. The van der Waals surface area contributed by atoms with Gasteiger partial charge in [0.1, 0.15) is 11.5 Å². The molecule has 0 bridgehead atoms. The molecule has 2 heterocycles. The smallest absolute Gasteiger partial charge is 0.260 e. The van der Waals surface area contributed by atoms with E-state index in [9.17, 15) is 4.79 Å². The maximum Gasteiger partial charge on any atom is 0.260 e. The highest BCUT2D eigenvalue weighted by Gasteiger charge is 2.30. The van der Waals surface area contributed by atoms with Gasteiger partial charge in [0.2, 0.25) is 0 Å². The van der Waals surface area contributed by atoms with Crippen molar-refractivity contribution in [2.75, 3.05) is 5.32 Å². The first kappa shape index (κ1) is 15.8. The molecule has 1 fully saturated rings. The van der Waals surface area contributed by atoms with Crippen molar-refractivity contribution in [2.24, 2.45) is 5.92 Å². The molecule has 1 aliphatic rings. The number of hydrogen-bond acceptors (Lipinski definition) is 3. The van der Waals surface area contributed by atoms with E-state index in [2.05, 4.69) is 17.3 Å². The number of aryl methyl sites for hydroxylation is 2. The first-order chi connectivity index (χ1) is 10.9. The fourth-order valence-electron chi connectivity index (χ4n) is 2.94. The van der Waals surface area contributed by atoms with Crippen molar-refractivity contribution < 1.29 is 9.21 Å². The monoisotopic (exact) mass is 315 g/mol. The minimum Gasteiger partial charge on any atom is -0.465 e. The van der Waals surface area contributed by atoms with Gasteiger partial charge in [-0.05, 0) is 45.6 Å². The fourth-order valence-corrected chi connectivity index (χ4v) is 2.94. The second-order valence-corrected chi connectivity index (χ2v) is 6.92. The second-order valence-electron chi connectivity index (χ2n) is 6.92. The van der Waals surface area contributed by atoms with E-state index < -0.39 is 0 Å². The van der Waals surface area contributed by atoms with Gasteiger partial charge in [-0.3, -0.25) is 9.48 Å². The lowest BCUT2D eigenvalue weighted by molar-refractivity contribution is 0.102. The van der Waals surface area contributed by atoms with Crippen LogP contribution in [-0.2, 0) is 0 Å². The van der Waals surface area contributed by atoms with Crippen LogP contribution in [0.4, 0.5) is 5.82 Å². The maximum absolute atomic E-state index is 12.5. The van der Waals surface area contributed by atoms with Gasteiger partial charge in [0.15, 0.2) is 5.82 Å². The molecule has 1 amide bonds. The summed E-state index contributed by atoms with van der Waals surface area (Å²) in [6, 6.07) is 4.14. The predicted octanol–water partition coefficient (Wildman–Crippen LogP) is 4.44. The second kappa shape index (κ2) is 5.87. The molecule has 1 aliphatic carbocycles. The molecular weight excluding hydrogens is 290 g/mol. The number of furan rings is 1. The van der Waals surface area contributed by atoms with Crippen molar-refractivity contribution in [3.63, 3.8) is 0 Å². The number of amides is 1. The van der Waals surface area contributed by atoms with Crippen molar-refractivity contribution in [3.8, 4) is 0 Å². The highest BCUT2D eigenvalue weighted by Crippen LogP contribution is 2.39. The Morgan fingerprint density at radius 3 is 2.57 bits per heavy atom. The zero-order valence-electron chi connectivity index (χ0n) is 14.5. The molecule has 1 N–H and O–H groups in total. The summed E-state index contributed by atoms with van der Waals surface area (Å²) in [5.41, 5.74) is 1.66. The number of nitrogens with one attached hydrogen (secondary N) is 1. The third-order valence-corrected chi connectivity index (χ3v) is 4.60. The summed E-state index contributed by atoms with van der Waals surface area (Å²) in [4.78, 5) is 12.5. The zero-order chi connectivity index (χ0) is 16.7. The van der Waals surface area contributed by atoms with E-state index in [-0.39, 0.29) is 11.8 Å². The molecule has 0 aromatic carbocycles. The Morgan fingerprint density at radius 1 is 1.30 bits per heavy atom. The van der Waals surface area contributed by atoms with Crippen LogP contribution in [0.5, 0.6) is 0 Å². The number of anilines is 1. The lowest BCUT2D eigenvalue weighted by Gasteiger charge is -2.12. The topological polar surface area (TPSA) is 60.1 Å². The first-order valence-corrected chi connectivity index (χ1v) is 8.34. The normalized spacial score (nSPS) is 15.9. The Kier molecular flexibility index (Phi) is 4.04. The number of nitrogens with zero attached hydrogens (tertiary/aromatic N) is 2. The van der Waals surface area contributed by atoms with Crippen LogP contribution < -0.4 is 5.32 Å². The molecule has 2 aromatic rings. The highest BCUT2D eigenvalue weighted by molar-refractivity contribution is 6.04. The predicted molar refractivity (Wildman–Crippen MR) is 89.9 cm³/mol. The van der Waals surface area contributed by atoms with Crippen LogP contribution in [0.3, 0.4) is 0 Å². The van der Waals surface area contributed by atoms with Gasteiger partial charge in [0, 0.05) is 17.7 Å². The lowest BCUT2D eigenvalue weighted by Crippen LogP contribution is -2.14. The van der Waals surface area contributed by atoms with E-state index in [0.29, 0.717) is 23.2 Å². The van der Waals surface area contributed by atoms with Crippen LogP contribution in [-0.4, -0.2) is 15.7 Å².